The molecule has 2 heterocycles. The molecule has 0 aliphatic heterocycles. The fourth-order valence-corrected chi connectivity index (χ4v) is 2.69. The molecule has 3 rings (SSSR count). The summed E-state index contributed by atoms with van der Waals surface area (Å²) in [5.74, 6) is 0.621. The topological polar surface area (TPSA) is 75.6 Å². The summed E-state index contributed by atoms with van der Waals surface area (Å²) >= 11 is 1.28. The predicted molar refractivity (Wildman–Crippen MR) is 83.2 cm³/mol. The van der Waals surface area contributed by atoms with Gasteiger partial charge in [0.2, 0.25) is 11.7 Å². The Morgan fingerprint density at radius 3 is 2.80 bits per heavy atom. The summed E-state index contributed by atoms with van der Waals surface area (Å²) in [6.07, 6.45) is -2.92. The first-order valence-electron chi connectivity index (χ1n) is 6.95. The van der Waals surface area contributed by atoms with Crippen LogP contribution in [0.5, 0.6) is 0 Å². The van der Waals surface area contributed by atoms with Gasteiger partial charge in [-0.15, -0.1) is 0 Å². The number of aromatic nitrogens is 3. The van der Waals surface area contributed by atoms with E-state index in [0.29, 0.717) is 10.6 Å². The number of halogens is 3. The van der Waals surface area contributed by atoms with Gasteiger partial charge >= 0.3 is 6.18 Å². The maximum Gasteiger partial charge on any atom is 0.416 e. The SMILES string of the molecule is N#Cc1ccnc(SCc2nc(-c3cccc(C(F)(F)F)c3)no2)c1. The Kier molecular flexibility index (Phi) is 4.72. The molecule has 9 heteroatoms. The van der Waals surface area contributed by atoms with Crippen molar-refractivity contribution in [3.8, 4) is 17.5 Å². The molecule has 0 spiro atoms. The number of rotatable bonds is 4. The summed E-state index contributed by atoms with van der Waals surface area (Å²) in [4.78, 5) is 8.21. The minimum Gasteiger partial charge on any atom is -0.338 e. The molecule has 0 amide bonds. The molecule has 0 aliphatic rings. The Bertz CT molecular complexity index is 933. The molecule has 0 N–H and O–H groups in total. The van der Waals surface area contributed by atoms with Crippen LogP contribution in [0.2, 0.25) is 0 Å². The number of alkyl halides is 3. The highest BCUT2D eigenvalue weighted by Gasteiger charge is 2.30. The van der Waals surface area contributed by atoms with E-state index in [-0.39, 0.29) is 23.0 Å². The molecule has 0 fully saturated rings. The van der Waals surface area contributed by atoms with Crippen molar-refractivity contribution in [1.29, 1.82) is 5.26 Å². The second-order valence-electron chi connectivity index (χ2n) is 4.87. The zero-order valence-electron chi connectivity index (χ0n) is 12.5. The lowest BCUT2D eigenvalue weighted by Gasteiger charge is -2.06. The highest BCUT2D eigenvalue weighted by atomic mass is 32.2. The van der Waals surface area contributed by atoms with Crippen LogP contribution < -0.4 is 0 Å². The molecule has 0 saturated carbocycles. The Labute approximate surface area is 144 Å². The van der Waals surface area contributed by atoms with Crippen molar-refractivity contribution in [3.05, 3.63) is 59.6 Å². The molecule has 0 bridgehead atoms. The number of benzene rings is 1. The second-order valence-corrected chi connectivity index (χ2v) is 5.87. The van der Waals surface area contributed by atoms with Crippen LogP contribution >= 0.6 is 11.8 Å². The molecule has 126 valence electrons. The summed E-state index contributed by atoms with van der Waals surface area (Å²) in [5, 5.41) is 13.2. The summed E-state index contributed by atoms with van der Waals surface area (Å²) in [6, 6.07) is 9.94. The molecule has 0 aliphatic carbocycles. The third kappa shape index (κ3) is 4.16. The average molecular weight is 362 g/mol. The van der Waals surface area contributed by atoms with Gasteiger partial charge in [-0.2, -0.15) is 23.4 Å². The minimum absolute atomic E-state index is 0.0837. The zero-order chi connectivity index (χ0) is 17.9. The molecular weight excluding hydrogens is 353 g/mol. The molecule has 0 radical (unpaired) electrons. The van der Waals surface area contributed by atoms with E-state index in [0.717, 1.165) is 12.1 Å². The van der Waals surface area contributed by atoms with E-state index in [1.165, 1.54) is 30.1 Å². The fraction of sp³-hybridized carbons (Fsp3) is 0.125. The predicted octanol–water partition coefficient (Wildman–Crippen LogP) is 4.31. The van der Waals surface area contributed by atoms with Crippen LogP contribution in [-0.2, 0) is 11.9 Å². The third-order valence-electron chi connectivity index (χ3n) is 3.12. The van der Waals surface area contributed by atoms with Crippen molar-refractivity contribution in [2.24, 2.45) is 0 Å². The van der Waals surface area contributed by atoms with Crippen molar-refractivity contribution >= 4 is 11.8 Å². The Balaban J connectivity index is 1.73. The van der Waals surface area contributed by atoms with Crippen LogP contribution in [0.4, 0.5) is 13.2 Å². The summed E-state index contributed by atoms with van der Waals surface area (Å²) in [6.45, 7) is 0. The van der Waals surface area contributed by atoms with Crippen LogP contribution in [0.15, 0.2) is 52.1 Å². The van der Waals surface area contributed by atoms with Crippen LogP contribution in [0.1, 0.15) is 17.0 Å². The maximum absolute atomic E-state index is 12.8. The van der Waals surface area contributed by atoms with Crippen molar-refractivity contribution in [1.82, 2.24) is 15.1 Å². The van der Waals surface area contributed by atoms with Crippen LogP contribution in [0.3, 0.4) is 0 Å². The Morgan fingerprint density at radius 2 is 2.04 bits per heavy atom. The lowest BCUT2D eigenvalue weighted by Crippen LogP contribution is -2.04. The molecule has 1 aromatic carbocycles. The van der Waals surface area contributed by atoms with Gasteiger partial charge < -0.3 is 4.52 Å². The first kappa shape index (κ1) is 17.0. The number of pyridine rings is 1. The van der Waals surface area contributed by atoms with Gasteiger partial charge in [0.05, 0.1) is 28.0 Å². The van der Waals surface area contributed by atoms with Crippen LogP contribution in [-0.4, -0.2) is 15.1 Å². The molecule has 5 nitrogen and oxygen atoms in total. The highest BCUT2D eigenvalue weighted by molar-refractivity contribution is 7.98. The van der Waals surface area contributed by atoms with Crippen molar-refractivity contribution < 1.29 is 17.7 Å². The van der Waals surface area contributed by atoms with Gasteiger partial charge in [0.1, 0.15) is 0 Å². The molecular formula is C16H9F3N4OS. The van der Waals surface area contributed by atoms with Gasteiger partial charge in [-0.25, -0.2) is 4.98 Å². The second kappa shape index (κ2) is 6.94. The van der Waals surface area contributed by atoms with E-state index < -0.39 is 11.7 Å². The van der Waals surface area contributed by atoms with E-state index >= 15 is 0 Å². The fourth-order valence-electron chi connectivity index (χ4n) is 1.96. The summed E-state index contributed by atoms with van der Waals surface area (Å²) in [7, 11) is 0. The smallest absolute Gasteiger partial charge is 0.338 e. The quantitative estimate of drug-likeness (QED) is 0.644. The van der Waals surface area contributed by atoms with Gasteiger partial charge in [0.15, 0.2) is 0 Å². The van der Waals surface area contributed by atoms with Gasteiger partial charge in [-0.1, -0.05) is 29.1 Å². The van der Waals surface area contributed by atoms with Crippen molar-refractivity contribution in [3.63, 3.8) is 0 Å². The Hall–Kier alpha value is -2.86. The first-order valence-corrected chi connectivity index (χ1v) is 7.93. The maximum atomic E-state index is 12.8. The molecule has 0 unspecified atom stereocenters. The molecule has 0 atom stereocenters. The van der Waals surface area contributed by atoms with E-state index in [2.05, 4.69) is 15.1 Å². The first-order chi connectivity index (χ1) is 12.0. The zero-order valence-corrected chi connectivity index (χ0v) is 13.3. The summed E-state index contributed by atoms with van der Waals surface area (Å²) < 4.78 is 43.4. The third-order valence-corrected chi connectivity index (χ3v) is 4.03. The largest absolute Gasteiger partial charge is 0.416 e. The number of hydrogen-bond donors (Lipinski definition) is 0. The van der Waals surface area contributed by atoms with E-state index in [4.69, 9.17) is 9.78 Å². The van der Waals surface area contributed by atoms with Crippen molar-refractivity contribution in [2.45, 2.75) is 17.0 Å². The number of hydrogen-bond acceptors (Lipinski definition) is 6. The number of nitrogens with zero attached hydrogens (tertiary/aromatic N) is 4. The highest BCUT2D eigenvalue weighted by Crippen LogP contribution is 2.31. The van der Waals surface area contributed by atoms with Crippen molar-refractivity contribution in [2.75, 3.05) is 0 Å². The normalized spacial score (nSPS) is 11.3. The van der Waals surface area contributed by atoms with Gasteiger partial charge in [0.25, 0.3) is 0 Å². The van der Waals surface area contributed by atoms with Crippen LogP contribution in [0.25, 0.3) is 11.4 Å². The molecule has 2 aromatic heterocycles. The monoisotopic (exact) mass is 362 g/mol. The number of nitriles is 1. The molecule has 0 saturated heterocycles. The molecule has 25 heavy (non-hydrogen) atoms. The lowest BCUT2D eigenvalue weighted by atomic mass is 10.1. The van der Waals surface area contributed by atoms with E-state index in [1.54, 1.807) is 12.1 Å². The number of thioether (sulfide) groups is 1. The van der Waals surface area contributed by atoms with E-state index in [1.807, 2.05) is 6.07 Å². The minimum atomic E-state index is -4.43. The molecule has 3 aromatic rings. The lowest BCUT2D eigenvalue weighted by molar-refractivity contribution is -0.137. The van der Waals surface area contributed by atoms with E-state index in [9.17, 15) is 13.2 Å². The van der Waals surface area contributed by atoms with Gasteiger partial charge in [-0.3, -0.25) is 0 Å². The Morgan fingerprint density at radius 1 is 1.20 bits per heavy atom. The van der Waals surface area contributed by atoms with Gasteiger partial charge in [-0.05, 0) is 24.3 Å². The summed E-state index contributed by atoms with van der Waals surface area (Å²) in [5.41, 5.74) is -0.0737. The standard InChI is InChI=1S/C16H9F3N4OS/c17-16(18,19)12-3-1-2-11(7-12)15-22-13(24-23-15)9-25-14-6-10(8-20)4-5-21-14/h1-7H,9H2. The average Bonchev–Trinajstić information content (AvgIpc) is 3.09. The van der Waals surface area contributed by atoms with Crippen LogP contribution in [0, 0.1) is 11.3 Å². The van der Waals surface area contributed by atoms with Gasteiger partial charge in [0, 0.05) is 11.8 Å².